The topological polar surface area (TPSA) is 50.7 Å². The van der Waals surface area contributed by atoms with Gasteiger partial charge in [-0.15, -0.1) is 11.3 Å². The highest BCUT2D eigenvalue weighted by atomic mass is 35.5. The van der Waals surface area contributed by atoms with Gasteiger partial charge in [-0.3, -0.25) is 4.98 Å². The van der Waals surface area contributed by atoms with Crippen molar-refractivity contribution in [1.82, 2.24) is 15.0 Å². The summed E-state index contributed by atoms with van der Waals surface area (Å²) < 4.78 is 0. The van der Waals surface area contributed by atoms with Crippen molar-refractivity contribution < 1.29 is 0 Å². The van der Waals surface area contributed by atoms with Gasteiger partial charge in [0.25, 0.3) is 0 Å². The van der Waals surface area contributed by atoms with Crippen LogP contribution in [0.5, 0.6) is 0 Å². The largest absolute Gasteiger partial charge is 0.365 e. The Kier molecular flexibility index (Phi) is 3.80. The van der Waals surface area contributed by atoms with E-state index < -0.39 is 0 Å². The molecule has 3 heterocycles. The number of pyridine rings is 1. The third kappa shape index (κ3) is 2.73. The molecule has 0 radical (unpaired) electrons. The number of halogens is 1. The summed E-state index contributed by atoms with van der Waals surface area (Å²) >= 11 is 7.65. The number of hydrogen-bond acceptors (Lipinski definition) is 5. The highest BCUT2D eigenvalue weighted by molar-refractivity contribution is 7.18. The summed E-state index contributed by atoms with van der Waals surface area (Å²) in [7, 11) is 0. The Labute approximate surface area is 125 Å². The molecule has 20 heavy (non-hydrogen) atoms. The minimum atomic E-state index is 0.274. The van der Waals surface area contributed by atoms with E-state index in [1.54, 1.807) is 17.5 Å². The second-order valence-electron chi connectivity index (χ2n) is 4.34. The first-order valence-electron chi connectivity index (χ1n) is 6.35. The summed E-state index contributed by atoms with van der Waals surface area (Å²) in [4.78, 5) is 14.9. The van der Waals surface area contributed by atoms with Crippen LogP contribution in [0.2, 0.25) is 5.28 Å². The van der Waals surface area contributed by atoms with Gasteiger partial charge in [0, 0.05) is 23.8 Å². The molecular weight excluding hydrogens is 292 g/mol. The first-order chi connectivity index (χ1) is 9.76. The SMILES string of the molecule is CCc1cc2c(NCc3cccnc3)nc(Cl)nc2s1. The van der Waals surface area contributed by atoms with Crippen molar-refractivity contribution in [2.75, 3.05) is 5.32 Å². The van der Waals surface area contributed by atoms with Crippen molar-refractivity contribution in [3.05, 3.63) is 46.3 Å². The third-order valence-corrected chi connectivity index (χ3v) is 4.29. The molecule has 0 atom stereocenters. The fourth-order valence-corrected chi connectivity index (χ4v) is 3.13. The van der Waals surface area contributed by atoms with Crippen LogP contribution in [0, 0.1) is 0 Å². The van der Waals surface area contributed by atoms with Crippen molar-refractivity contribution >= 4 is 39.0 Å². The monoisotopic (exact) mass is 304 g/mol. The number of anilines is 1. The van der Waals surface area contributed by atoms with Crippen molar-refractivity contribution in [2.45, 2.75) is 19.9 Å². The van der Waals surface area contributed by atoms with Gasteiger partial charge >= 0.3 is 0 Å². The van der Waals surface area contributed by atoms with Crippen LogP contribution in [-0.4, -0.2) is 15.0 Å². The molecule has 3 aromatic rings. The van der Waals surface area contributed by atoms with Gasteiger partial charge in [-0.25, -0.2) is 9.97 Å². The number of hydrogen-bond donors (Lipinski definition) is 1. The lowest BCUT2D eigenvalue weighted by Crippen LogP contribution is -2.02. The van der Waals surface area contributed by atoms with E-state index in [0.717, 1.165) is 28.0 Å². The van der Waals surface area contributed by atoms with Gasteiger partial charge in [0.05, 0.1) is 5.39 Å². The molecule has 0 spiro atoms. The zero-order valence-electron chi connectivity index (χ0n) is 10.9. The molecule has 4 nitrogen and oxygen atoms in total. The maximum atomic E-state index is 5.99. The first kappa shape index (κ1) is 13.3. The standard InChI is InChI=1S/C14H13ClN4S/c1-2-10-6-11-12(18-14(15)19-13(11)20-10)17-8-9-4-3-5-16-7-9/h3-7H,2,8H2,1H3,(H,17,18,19). The molecule has 0 unspecified atom stereocenters. The molecule has 0 amide bonds. The van der Waals surface area contributed by atoms with Gasteiger partial charge in [0.1, 0.15) is 10.6 Å². The molecule has 102 valence electrons. The molecule has 3 rings (SSSR count). The Morgan fingerprint density at radius 3 is 3.00 bits per heavy atom. The van der Waals surface area contributed by atoms with Crippen LogP contribution in [0.25, 0.3) is 10.2 Å². The van der Waals surface area contributed by atoms with E-state index in [1.165, 1.54) is 4.88 Å². The Bertz CT molecular complexity index is 727. The quantitative estimate of drug-likeness (QED) is 0.742. The molecule has 6 heteroatoms. The van der Waals surface area contributed by atoms with E-state index in [1.807, 2.05) is 18.3 Å². The minimum absolute atomic E-state index is 0.274. The fraction of sp³-hybridized carbons (Fsp3) is 0.214. The Morgan fingerprint density at radius 2 is 2.25 bits per heavy atom. The lowest BCUT2D eigenvalue weighted by molar-refractivity contribution is 1.08. The van der Waals surface area contributed by atoms with Gasteiger partial charge in [-0.05, 0) is 35.7 Å². The predicted octanol–water partition coefficient (Wildman–Crippen LogP) is 3.91. The van der Waals surface area contributed by atoms with Crippen LogP contribution in [0.3, 0.4) is 0 Å². The molecule has 0 saturated carbocycles. The third-order valence-electron chi connectivity index (χ3n) is 2.95. The lowest BCUT2D eigenvalue weighted by atomic mass is 10.2. The summed E-state index contributed by atoms with van der Waals surface area (Å²) in [5, 5.41) is 4.62. The van der Waals surface area contributed by atoms with E-state index in [2.05, 4.69) is 33.3 Å². The number of aromatic nitrogens is 3. The summed E-state index contributed by atoms with van der Waals surface area (Å²) in [5.74, 6) is 0.778. The summed E-state index contributed by atoms with van der Waals surface area (Å²) in [5.41, 5.74) is 1.10. The number of thiophene rings is 1. The van der Waals surface area contributed by atoms with Crippen LogP contribution in [0.15, 0.2) is 30.6 Å². The van der Waals surface area contributed by atoms with Crippen molar-refractivity contribution in [3.63, 3.8) is 0 Å². The van der Waals surface area contributed by atoms with E-state index in [9.17, 15) is 0 Å². The van der Waals surface area contributed by atoms with E-state index in [-0.39, 0.29) is 5.28 Å². The van der Waals surface area contributed by atoms with E-state index in [4.69, 9.17) is 11.6 Å². The average Bonchev–Trinajstić information content (AvgIpc) is 2.88. The fourth-order valence-electron chi connectivity index (χ4n) is 1.94. The molecule has 0 aliphatic heterocycles. The second-order valence-corrected chi connectivity index (χ2v) is 5.79. The molecule has 0 aliphatic rings. The van der Waals surface area contributed by atoms with Gasteiger partial charge in [0.15, 0.2) is 0 Å². The average molecular weight is 305 g/mol. The Balaban J connectivity index is 1.92. The number of fused-ring (bicyclic) bond motifs is 1. The van der Waals surface area contributed by atoms with Crippen LogP contribution in [0.1, 0.15) is 17.4 Å². The lowest BCUT2D eigenvalue weighted by Gasteiger charge is -2.06. The second kappa shape index (κ2) is 5.73. The minimum Gasteiger partial charge on any atom is -0.365 e. The van der Waals surface area contributed by atoms with Crippen LogP contribution < -0.4 is 5.32 Å². The van der Waals surface area contributed by atoms with Gasteiger partial charge in [-0.1, -0.05) is 13.0 Å². The van der Waals surface area contributed by atoms with Crippen LogP contribution in [-0.2, 0) is 13.0 Å². The zero-order chi connectivity index (χ0) is 13.9. The highest BCUT2D eigenvalue weighted by Crippen LogP contribution is 2.30. The molecule has 0 aliphatic carbocycles. The van der Waals surface area contributed by atoms with Crippen LogP contribution in [0.4, 0.5) is 5.82 Å². The molecule has 0 bridgehead atoms. The smallest absolute Gasteiger partial charge is 0.225 e. The summed E-state index contributed by atoms with van der Waals surface area (Å²) in [6.07, 6.45) is 4.58. The number of nitrogens with one attached hydrogen (secondary N) is 1. The van der Waals surface area contributed by atoms with Crippen LogP contribution >= 0.6 is 22.9 Å². The summed E-state index contributed by atoms with van der Waals surface area (Å²) in [6, 6.07) is 6.06. The molecule has 0 fully saturated rings. The number of aryl methyl sites for hydroxylation is 1. The normalized spacial score (nSPS) is 10.9. The zero-order valence-corrected chi connectivity index (χ0v) is 12.5. The van der Waals surface area contributed by atoms with Gasteiger partial charge < -0.3 is 5.32 Å². The first-order valence-corrected chi connectivity index (χ1v) is 7.54. The number of rotatable bonds is 4. The van der Waals surface area contributed by atoms with Crippen molar-refractivity contribution in [1.29, 1.82) is 0 Å². The Morgan fingerprint density at radius 1 is 1.35 bits per heavy atom. The van der Waals surface area contributed by atoms with E-state index in [0.29, 0.717) is 6.54 Å². The molecule has 0 saturated heterocycles. The number of nitrogens with zero attached hydrogens (tertiary/aromatic N) is 3. The van der Waals surface area contributed by atoms with Crippen molar-refractivity contribution in [3.8, 4) is 0 Å². The molecule has 3 aromatic heterocycles. The summed E-state index contributed by atoms with van der Waals surface area (Å²) in [6.45, 7) is 2.79. The maximum Gasteiger partial charge on any atom is 0.225 e. The van der Waals surface area contributed by atoms with Crippen molar-refractivity contribution in [2.24, 2.45) is 0 Å². The van der Waals surface area contributed by atoms with E-state index >= 15 is 0 Å². The molecular formula is C14H13ClN4S. The highest BCUT2D eigenvalue weighted by Gasteiger charge is 2.10. The maximum absolute atomic E-state index is 5.99. The molecule has 1 N–H and O–H groups in total. The Hall–Kier alpha value is -1.72. The predicted molar refractivity (Wildman–Crippen MR) is 83.4 cm³/mol. The molecule has 0 aromatic carbocycles. The van der Waals surface area contributed by atoms with Gasteiger partial charge in [-0.2, -0.15) is 0 Å². The van der Waals surface area contributed by atoms with Gasteiger partial charge in [0.2, 0.25) is 5.28 Å².